The van der Waals surface area contributed by atoms with Gasteiger partial charge in [0.1, 0.15) is 0 Å². The van der Waals surface area contributed by atoms with Gasteiger partial charge in [-0.25, -0.2) is 0 Å². The Bertz CT molecular complexity index is 759. The molecule has 1 heterocycles. The van der Waals surface area contributed by atoms with Gasteiger partial charge in [-0.3, -0.25) is 4.79 Å². The number of anilines is 1. The van der Waals surface area contributed by atoms with Gasteiger partial charge in [0, 0.05) is 18.8 Å². The first-order chi connectivity index (χ1) is 12.2. The molecule has 4 nitrogen and oxygen atoms in total. The lowest BCUT2D eigenvalue weighted by molar-refractivity contribution is -0.123. The van der Waals surface area contributed by atoms with Gasteiger partial charge in [-0.1, -0.05) is 66.4 Å². The second-order valence-corrected chi connectivity index (χ2v) is 7.21. The first kappa shape index (κ1) is 17.6. The molecule has 6 heteroatoms. The Morgan fingerprint density at radius 3 is 2.52 bits per heavy atom. The average Bonchev–Trinajstić information content (AvgIpc) is 2.97. The first-order valence-corrected chi connectivity index (χ1v) is 9.49. The largest absolute Gasteiger partial charge is 0.367 e. The van der Waals surface area contributed by atoms with Crippen LogP contribution in [0.1, 0.15) is 18.1 Å². The zero-order valence-corrected chi connectivity index (χ0v) is 15.6. The Labute approximate surface area is 157 Å². The predicted octanol–water partition coefficient (Wildman–Crippen LogP) is 3.91. The summed E-state index contributed by atoms with van der Waals surface area (Å²) < 4.78 is 0.512. The van der Waals surface area contributed by atoms with Crippen LogP contribution in [0.25, 0.3) is 0 Å². The van der Waals surface area contributed by atoms with Crippen molar-refractivity contribution < 1.29 is 4.79 Å². The molecule has 2 aromatic rings. The quantitative estimate of drug-likeness (QED) is 0.571. The summed E-state index contributed by atoms with van der Waals surface area (Å²) in [4.78, 5) is 14.0. The molecule has 128 valence electrons. The van der Waals surface area contributed by atoms with Gasteiger partial charge < -0.3 is 4.90 Å². The molecule has 1 aliphatic rings. The van der Waals surface area contributed by atoms with Crippen molar-refractivity contribution in [2.75, 3.05) is 17.2 Å². The summed E-state index contributed by atoms with van der Waals surface area (Å²) in [6, 6.07) is 18.6. The minimum atomic E-state index is -0.0668. The number of nitrogens with zero attached hydrogens (tertiary/aromatic N) is 3. The molecular formula is C19H19N3OS2. The van der Waals surface area contributed by atoms with E-state index in [-0.39, 0.29) is 5.91 Å². The molecule has 3 rings (SSSR count). The van der Waals surface area contributed by atoms with Crippen LogP contribution < -0.4 is 4.90 Å². The van der Waals surface area contributed by atoms with Crippen LogP contribution >= 0.6 is 24.0 Å². The molecule has 1 amide bonds. The van der Waals surface area contributed by atoms with Crippen LogP contribution in [0, 0.1) is 0 Å². The maximum absolute atomic E-state index is 11.7. The first-order valence-electron chi connectivity index (χ1n) is 8.10. The highest BCUT2D eigenvalue weighted by Crippen LogP contribution is 2.20. The van der Waals surface area contributed by atoms with Crippen molar-refractivity contribution in [3.05, 3.63) is 65.7 Å². The fraction of sp³-hybridized carbons (Fsp3) is 0.211. The van der Waals surface area contributed by atoms with Gasteiger partial charge in [-0.05, 0) is 30.2 Å². The fourth-order valence-corrected chi connectivity index (χ4v) is 3.51. The Hall–Kier alpha value is -2.18. The van der Waals surface area contributed by atoms with Crippen molar-refractivity contribution in [3.8, 4) is 0 Å². The van der Waals surface area contributed by atoms with Gasteiger partial charge >= 0.3 is 0 Å². The molecule has 2 aromatic carbocycles. The summed E-state index contributed by atoms with van der Waals surface area (Å²) >= 11 is 6.46. The summed E-state index contributed by atoms with van der Waals surface area (Å²) in [6.45, 7) is 3.95. The minimum absolute atomic E-state index is 0.0668. The Morgan fingerprint density at radius 1 is 1.20 bits per heavy atom. The van der Waals surface area contributed by atoms with E-state index in [9.17, 15) is 4.79 Å². The third kappa shape index (κ3) is 4.46. The molecule has 25 heavy (non-hydrogen) atoms. The highest BCUT2D eigenvalue weighted by molar-refractivity contribution is 8.23. The summed E-state index contributed by atoms with van der Waals surface area (Å²) in [5, 5.41) is 5.49. The molecule has 1 fully saturated rings. The molecule has 0 spiro atoms. The lowest BCUT2D eigenvalue weighted by Gasteiger charge is -2.23. The van der Waals surface area contributed by atoms with Crippen LogP contribution in [0.15, 0.2) is 59.7 Å². The summed E-state index contributed by atoms with van der Waals surface area (Å²) in [5.74, 6) is 0.308. The molecule has 0 atom stereocenters. The lowest BCUT2D eigenvalue weighted by atomic mass is 10.1. The van der Waals surface area contributed by atoms with Crippen molar-refractivity contribution in [1.29, 1.82) is 0 Å². The molecule has 0 unspecified atom stereocenters. The van der Waals surface area contributed by atoms with Crippen LogP contribution in [-0.4, -0.2) is 33.7 Å². The SMILES string of the molecule is CCN(Cc1ccccc1)c1ccc(/C=N/N2C(=O)CSC2=S)cc1. The van der Waals surface area contributed by atoms with E-state index in [2.05, 4.69) is 53.3 Å². The highest BCUT2D eigenvalue weighted by Gasteiger charge is 2.25. The molecule has 0 aromatic heterocycles. The van der Waals surface area contributed by atoms with E-state index in [0.29, 0.717) is 10.1 Å². The standard InChI is InChI=1S/C19H19N3OS2/c1-2-21(13-16-6-4-3-5-7-16)17-10-8-15(9-11-17)12-20-22-18(23)14-25-19(22)24/h3-12H,2,13-14H2,1H3/b20-12+. The predicted molar refractivity (Wildman–Crippen MR) is 109 cm³/mol. The van der Waals surface area contributed by atoms with Gasteiger partial charge in [0.15, 0.2) is 4.32 Å². The molecule has 0 radical (unpaired) electrons. The Morgan fingerprint density at radius 2 is 1.92 bits per heavy atom. The number of thioether (sulfide) groups is 1. The van der Waals surface area contributed by atoms with Crippen LogP contribution in [0.5, 0.6) is 0 Å². The van der Waals surface area contributed by atoms with Crippen LogP contribution in [-0.2, 0) is 11.3 Å². The molecule has 0 bridgehead atoms. The third-order valence-electron chi connectivity index (χ3n) is 3.91. The fourth-order valence-electron chi connectivity index (χ4n) is 2.54. The van der Waals surface area contributed by atoms with Crippen molar-refractivity contribution >= 4 is 46.1 Å². The number of hydrogen-bond acceptors (Lipinski definition) is 5. The normalized spacial score (nSPS) is 14.5. The molecule has 1 saturated heterocycles. The number of amides is 1. The number of hydrazone groups is 1. The summed E-state index contributed by atoms with van der Waals surface area (Å²) in [5.41, 5.74) is 3.38. The highest BCUT2D eigenvalue weighted by atomic mass is 32.2. The van der Waals surface area contributed by atoms with Gasteiger partial charge in [0.25, 0.3) is 5.91 Å². The molecule has 0 saturated carbocycles. The number of carbonyl (C=O) groups excluding carboxylic acids is 1. The van der Waals surface area contributed by atoms with E-state index in [1.807, 2.05) is 18.2 Å². The Balaban J connectivity index is 1.68. The maximum Gasteiger partial charge on any atom is 0.259 e. The van der Waals surface area contributed by atoms with Crippen LogP contribution in [0.4, 0.5) is 5.69 Å². The van der Waals surface area contributed by atoms with Crippen LogP contribution in [0.3, 0.4) is 0 Å². The zero-order chi connectivity index (χ0) is 17.6. The smallest absolute Gasteiger partial charge is 0.259 e. The van der Waals surface area contributed by atoms with E-state index >= 15 is 0 Å². The third-order valence-corrected chi connectivity index (χ3v) is 5.24. The molecule has 1 aliphatic heterocycles. The van der Waals surface area contributed by atoms with Crippen LogP contribution in [0.2, 0.25) is 0 Å². The molecular weight excluding hydrogens is 350 g/mol. The second-order valence-electron chi connectivity index (χ2n) is 5.60. The van der Waals surface area contributed by atoms with Gasteiger partial charge in [-0.15, -0.1) is 0 Å². The number of rotatable bonds is 6. The van der Waals surface area contributed by atoms with Crippen molar-refractivity contribution in [2.45, 2.75) is 13.5 Å². The zero-order valence-electron chi connectivity index (χ0n) is 14.0. The topological polar surface area (TPSA) is 35.9 Å². The summed E-state index contributed by atoms with van der Waals surface area (Å²) in [7, 11) is 0. The number of hydrogen-bond donors (Lipinski definition) is 0. The van der Waals surface area contributed by atoms with Crippen molar-refractivity contribution in [2.24, 2.45) is 5.10 Å². The van der Waals surface area contributed by atoms with E-state index in [1.165, 1.54) is 22.3 Å². The number of thiocarbonyl (C=S) groups is 1. The van der Waals surface area contributed by atoms with Gasteiger partial charge in [-0.2, -0.15) is 10.1 Å². The number of carbonyl (C=O) groups is 1. The molecule has 0 N–H and O–H groups in total. The van der Waals surface area contributed by atoms with E-state index in [1.54, 1.807) is 6.21 Å². The average molecular weight is 370 g/mol. The Kier molecular flexibility index (Phi) is 5.83. The van der Waals surface area contributed by atoms with Gasteiger partial charge in [0.05, 0.1) is 12.0 Å². The maximum atomic E-state index is 11.7. The van der Waals surface area contributed by atoms with Crippen molar-refractivity contribution in [3.63, 3.8) is 0 Å². The van der Waals surface area contributed by atoms with Crippen molar-refractivity contribution in [1.82, 2.24) is 5.01 Å². The van der Waals surface area contributed by atoms with E-state index < -0.39 is 0 Å². The second kappa shape index (κ2) is 8.27. The molecule has 0 aliphatic carbocycles. The van der Waals surface area contributed by atoms with E-state index in [0.717, 1.165) is 24.3 Å². The monoisotopic (exact) mass is 369 g/mol. The summed E-state index contributed by atoms with van der Waals surface area (Å²) in [6.07, 6.45) is 1.67. The lowest BCUT2D eigenvalue weighted by Crippen LogP contribution is -2.22. The minimum Gasteiger partial charge on any atom is -0.367 e. The van der Waals surface area contributed by atoms with Gasteiger partial charge in [0.2, 0.25) is 0 Å². The number of benzene rings is 2. The van der Waals surface area contributed by atoms with E-state index in [4.69, 9.17) is 12.2 Å².